The van der Waals surface area contributed by atoms with Crippen LogP contribution < -0.4 is 5.32 Å². The number of rotatable bonds is 5. The molecule has 0 aromatic carbocycles. The van der Waals surface area contributed by atoms with Crippen molar-refractivity contribution in [3.8, 4) is 0 Å². The van der Waals surface area contributed by atoms with Gasteiger partial charge in [-0.1, -0.05) is 20.8 Å². The fraction of sp³-hybridized carbons (Fsp3) is 0.913. The van der Waals surface area contributed by atoms with E-state index in [-0.39, 0.29) is 53.0 Å². The molecule has 0 bridgehead atoms. The predicted molar refractivity (Wildman–Crippen MR) is 112 cm³/mol. The number of nitrogens with one attached hydrogen (secondary N) is 1. The van der Waals surface area contributed by atoms with E-state index in [1.165, 1.54) is 0 Å². The number of fused-ring (bicyclic) bond motifs is 1. The standard InChI is InChI=1S/C23H40N2O4/c1-14(22(28)25-12-6-7-17(25)13-29-5)18-8-10-23(4)11-9-19(24-16(3)26)15(2)20(23)21(18)27/h14-15,17-21,27H,6-13H2,1-5H3,(H,24,26). The molecular weight excluding hydrogens is 368 g/mol. The molecule has 8 unspecified atom stereocenters. The minimum absolute atomic E-state index is 0.00549. The van der Waals surface area contributed by atoms with Gasteiger partial charge in [0.05, 0.1) is 18.8 Å². The summed E-state index contributed by atoms with van der Waals surface area (Å²) in [6.45, 7) is 9.40. The Bertz CT molecular complexity index is 612. The normalized spacial score (nSPS) is 41.0. The molecule has 2 aliphatic carbocycles. The number of carbonyl (C=O) groups is 2. The van der Waals surface area contributed by atoms with E-state index in [2.05, 4.69) is 19.2 Å². The first-order chi connectivity index (χ1) is 13.7. The van der Waals surface area contributed by atoms with Crippen LogP contribution in [0.4, 0.5) is 0 Å². The molecule has 8 atom stereocenters. The van der Waals surface area contributed by atoms with Crippen molar-refractivity contribution in [2.75, 3.05) is 20.3 Å². The Kier molecular flexibility index (Phi) is 6.94. The smallest absolute Gasteiger partial charge is 0.226 e. The Morgan fingerprint density at radius 2 is 1.97 bits per heavy atom. The molecule has 0 spiro atoms. The molecule has 1 aliphatic heterocycles. The molecule has 3 rings (SSSR count). The molecule has 1 saturated heterocycles. The van der Waals surface area contributed by atoms with E-state index in [1.807, 2.05) is 11.8 Å². The van der Waals surface area contributed by atoms with E-state index in [0.717, 1.165) is 45.1 Å². The molecule has 6 nitrogen and oxygen atoms in total. The van der Waals surface area contributed by atoms with Crippen LogP contribution in [0, 0.1) is 29.1 Å². The molecule has 29 heavy (non-hydrogen) atoms. The maximum absolute atomic E-state index is 13.3. The third-order valence-electron chi connectivity index (χ3n) is 8.33. The number of hydrogen-bond donors (Lipinski definition) is 2. The third-order valence-corrected chi connectivity index (χ3v) is 8.33. The maximum Gasteiger partial charge on any atom is 0.226 e. The van der Waals surface area contributed by atoms with E-state index >= 15 is 0 Å². The van der Waals surface area contributed by atoms with Gasteiger partial charge in [0.15, 0.2) is 0 Å². The second kappa shape index (κ2) is 8.93. The van der Waals surface area contributed by atoms with Crippen LogP contribution in [0.1, 0.15) is 66.2 Å². The minimum atomic E-state index is -0.511. The van der Waals surface area contributed by atoms with Crippen LogP contribution in [0.15, 0.2) is 0 Å². The van der Waals surface area contributed by atoms with Crippen LogP contribution in [0.5, 0.6) is 0 Å². The van der Waals surface area contributed by atoms with E-state index < -0.39 is 6.10 Å². The summed E-state index contributed by atoms with van der Waals surface area (Å²) in [5, 5.41) is 14.6. The van der Waals surface area contributed by atoms with Crippen molar-refractivity contribution in [2.45, 2.75) is 84.4 Å². The van der Waals surface area contributed by atoms with Crippen LogP contribution in [-0.2, 0) is 14.3 Å². The quantitative estimate of drug-likeness (QED) is 0.733. The van der Waals surface area contributed by atoms with Crippen molar-refractivity contribution in [1.82, 2.24) is 10.2 Å². The number of likely N-dealkylation sites (tertiary alicyclic amines) is 1. The zero-order chi connectivity index (χ0) is 21.3. The molecule has 6 heteroatoms. The Labute approximate surface area is 175 Å². The van der Waals surface area contributed by atoms with Crippen molar-refractivity contribution in [3.63, 3.8) is 0 Å². The fourth-order valence-electron chi connectivity index (χ4n) is 6.69. The number of carbonyl (C=O) groups excluding carboxylic acids is 2. The summed E-state index contributed by atoms with van der Waals surface area (Å²) >= 11 is 0. The molecule has 2 saturated carbocycles. The summed E-state index contributed by atoms with van der Waals surface area (Å²) in [5.74, 6) is 0.248. The number of hydrogen-bond acceptors (Lipinski definition) is 4. The van der Waals surface area contributed by atoms with Gasteiger partial charge in [0.2, 0.25) is 11.8 Å². The fourth-order valence-corrected chi connectivity index (χ4v) is 6.69. The van der Waals surface area contributed by atoms with Crippen LogP contribution in [-0.4, -0.2) is 60.3 Å². The average Bonchev–Trinajstić information content (AvgIpc) is 3.11. The lowest BCUT2D eigenvalue weighted by Crippen LogP contribution is -2.58. The molecule has 3 fully saturated rings. The van der Waals surface area contributed by atoms with Crippen molar-refractivity contribution < 1.29 is 19.4 Å². The van der Waals surface area contributed by atoms with Gasteiger partial charge in [0, 0.05) is 32.5 Å². The Hall–Kier alpha value is -1.14. The third kappa shape index (κ3) is 4.34. The van der Waals surface area contributed by atoms with Gasteiger partial charge in [-0.05, 0) is 61.7 Å². The van der Waals surface area contributed by atoms with Crippen LogP contribution in [0.3, 0.4) is 0 Å². The Balaban J connectivity index is 1.74. The second-order valence-electron chi connectivity index (χ2n) is 10.1. The molecule has 0 radical (unpaired) electrons. The summed E-state index contributed by atoms with van der Waals surface area (Å²) in [6.07, 6.45) is 5.41. The van der Waals surface area contributed by atoms with Crippen LogP contribution in [0.2, 0.25) is 0 Å². The molecule has 3 aliphatic rings. The van der Waals surface area contributed by atoms with Gasteiger partial charge in [-0.2, -0.15) is 0 Å². The van der Waals surface area contributed by atoms with Crippen LogP contribution in [0.25, 0.3) is 0 Å². The van der Waals surface area contributed by atoms with Crippen molar-refractivity contribution in [2.24, 2.45) is 29.1 Å². The summed E-state index contributed by atoms with van der Waals surface area (Å²) in [5.41, 5.74) is 0.0826. The summed E-state index contributed by atoms with van der Waals surface area (Å²) in [4.78, 5) is 26.9. The Morgan fingerprint density at radius 1 is 1.28 bits per heavy atom. The first-order valence-corrected chi connectivity index (χ1v) is 11.4. The molecule has 1 heterocycles. The zero-order valence-corrected chi connectivity index (χ0v) is 18.8. The molecule has 2 N–H and O–H groups in total. The maximum atomic E-state index is 13.3. The van der Waals surface area contributed by atoms with Crippen molar-refractivity contribution >= 4 is 11.8 Å². The van der Waals surface area contributed by atoms with Crippen LogP contribution >= 0.6 is 0 Å². The predicted octanol–water partition coefficient (Wildman–Crippen LogP) is 2.59. The number of methoxy groups -OCH3 is 1. The monoisotopic (exact) mass is 408 g/mol. The number of aliphatic hydroxyl groups excluding tert-OH is 1. The van der Waals surface area contributed by atoms with Gasteiger partial charge >= 0.3 is 0 Å². The van der Waals surface area contributed by atoms with Gasteiger partial charge in [0.1, 0.15) is 0 Å². The SMILES string of the molecule is COCC1CCCN1C(=O)C(C)C1CCC2(C)CCC(NC(C)=O)C(C)C2C1O. The van der Waals surface area contributed by atoms with Gasteiger partial charge in [-0.25, -0.2) is 0 Å². The lowest BCUT2D eigenvalue weighted by Gasteiger charge is -2.56. The number of ether oxygens (including phenoxy) is 1. The summed E-state index contributed by atoms with van der Waals surface area (Å²) in [7, 11) is 1.69. The molecule has 0 aromatic rings. The van der Waals surface area contributed by atoms with E-state index in [9.17, 15) is 14.7 Å². The number of nitrogens with zero attached hydrogens (tertiary/aromatic N) is 1. The summed E-state index contributed by atoms with van der Waals surface area (Å²) in [6, 6.07) is 0.272. The first-order valence-electron chi connectivity index (χ1n) is 11.4. The molecule has 0 aromatic heterocycles. The largest absolute Gasteiger partial charge is 0.392 e. The zero-order valence-electron chi connectivity index (χ0n) is 18.8. The first kappa shape index (κ1) is 22.5. The van der Waals surface area contributed by atoms with E-state index in [0.29, 0.717) is 6.61 Å². The molecule has 166 valence electrons. The topological polar surface area (TPSA) is 78.9 Å². The van der Waals surface area contributed by atoms with E-state index in [4.69, 9.17) is 4.74 Å². The molecular formula is C23H40N2O4. The highest BCUT2D eigenvalue weighted by molar-refractivity contribution is 5.79. The lowest BCUT2D eigenvalue weighted by atomic mass is 9.51. The highest BCUT2D eigenvalue weighted by Gasteiger charge is 2.54. The number of amides is 2. The van der Waals surface area contributed by atoms with Crippen molar-refractivity contribution in [1.29, 1.82) is 0 Å². The molecule has 2 amide bonds. The summed E-state index contributed by atoms with van der Waals surface area (Å²) < 4.78 is 5.32. The van der Waals surface area contributed by atoms with Gasteiger partial charge < -0.3 is 20.1 Å². The van der Waals surface area contributed by atoms with Gasteiger partial charge in [-0.15, -0.1) is 0 Å². The van der Waals surface area contributed by atoms with Gasteiger partial charge in [0.25, 0.3) is 0 Å². The number of aliphatic hydroxyl groups is 1. The lowest BCUT2D eigenvalue weighted by molar-refractivity contribution is -0.152. The second-order valence-corrected chi connectivity index (χ2v) is 10.1. The Morgan fingerprint density at radius 3 is 2.62 bits per heavy atom. The average molecular weight is 409 g/mol. The van der Waals surface area contributed by atoms with E-state index in [1.54, 1.807) is 14.0 Å². The highest BCUT2D eigenvalue weighted by Crippen LogP contribution is 2.55. The van der Waals surface area contributed by atoms with Gasteiger partial charge in [-0.3, -0.25) is 9.59 Å². The minimum Gasteiger partial charge on any atom is -0.392 e. The highest BCUT2D eigenvalue weighted by atomic mass is 16.5. The van der Waals surface area contributed by atoms with Crippen molar-refractivity contribution in [3.05, 3.63) is 0 Å².